The van der Waals surface area contributed by atoms with Crippen LogP contribution in [0.5, 0.6) is 5.75 Å². The molecule has 1 unspecified atom stereocenters. The van der Waals surface area contributed by atoms with Gasteiger partial charge in [0, 0.05) is 6.42 Å². The molecule has 0 amide bonds. The van der Waals surface area contributed by atoms with Gasteiger partial charge in [-0.1, -0.05) is 18.2 Å². The van der Waals surface area contributed by atoms with Crippen molar-refractivity contribution in [3.8, 4) is 5.75 Å². The number of ether oxygens (including phenoxy) is 1. The second kappa shape index (κ2) is 3.62. The first-order valence-corrected chi connectivity index (χ1v) is 5.20. The van der Waals surface area contributed by atoms with Gasteiger partial charge in [-0.05, 0) is 37.9 Å². The highest BCUT2D eigenvalue weighted by Gasteiger charge is 2.33. The van der Waals surface area contributed by atoms with E-state index in [4.69, 9.17) is 10.5 Å². The largest absolute Gasteiger partial charge is 0.487 e. The molecule has 0 aliphatic carbocycles. The summed E-state index contributed by atoms with van der Waals surface area (Å²) in [6.07, 6.45) is 3.09. The van der Waals surface area contributed by atoms with Crippen molar-refractivity contribution in [2.75, 3.05) is 6.54 Å². The highest BCUT2D eigenvalue weighted by atomic mass is 16.5. The molecule has 0 radical (unpaired) electrons. The zero-order valence-corrected chi connectivity index (χ0v) is 8.62. The van der Waals surface area contributed by atoms with Crippen molar-refractivity contribution < 1.29 is 4.74 Å². The van der Waals surface area contributed by atoms with Crippen LogP contribution in [0.4, 0.5) is 0 Å². The highest BCUT2D eigenvalue weighted by molar-refractivity contribution is 5.38. The summed E-state index contributed by atoms with van der Waals surface area (Å²) in [6, 6.07) is 8.27. The molecule has 1 heterocycles. The Hall–Kier alpha value is -1.02. The minimum absolute atomic E-state index is 0.0247. The monoisotopic (exact) mass is 191 g/mol. The Morgan fingerprint density at radius 3 is 2.93 bits per heavy atom. The van der Waals surface area contributed by atoms with Gasteiger partial charge >= 0.3 is 0 Å². The molecule has 2 rings (SSSR count). The third-order valence-electron chi connectivity index (χ3n) is 2.80. The smallest absolute Gasteiger partial charge is 0.123 e. The van der Waals surface area contributed by atoms with E-state index in [0.717, 1.165) is 31.6 Å². The average Bonchev–Trinajstić information content (AvgIpc) is 2.51. The maximum Gasteiger partial charge on any atom is 0.123 e. The number of hydrogen-bond donors (Lipinski definition) is 1. The second-order valence-electron chi connectivity index (χ2n) is 4.23. The fourth-order valence-corrected chi connectivity index (χ4v) is 2.07. The van der Waals surface area contributed by atoms with Crippen molar-refractivity contribution in [3.05, 3.63) is 29.8 Å². The number of rotatable bonds is 3. The summed E-state index contributed by atoms with van der Waals surface area (Å²) in [5.74, 6) is 1.05. The van der Waals surface area contributed by atoms with Crippen LogP contribution in [0.15, 0.2) is 24.3 Å². The lowest BCUT2D eigenvalue weighted by Crippen LogP contribution is -2.30. The van der Waals surface area contributed by atoms with Crippen molar-refractivity contribution in [1.82, 2.24) is 0 Å². The molecule has 2 heteroatoms. The molecule has 0 fully saturated rings. The van der Waals surface area contributed by atoms with E-state index in [1.807, 2.05) is 12.1 Å². The Labute approximate surface area is 85.1 Å². The molecule has 1 aliphatic rings. The SMILES string of the molecule is CC1(CCCN)Cc2ccccc2O1. The van der Waals surface area contributed by atoms with Gasteiger partial charge in [0.05, 0.1) is 0 Å². The first kappa shape index (κ1) is 9.53. The number of hydrogen-bond acceptors (Lipinski definition) is 2. The van der Waals surface area contributed by atoms with E-state index < -0.39 is 0 Å². The maximum absolute atomic E-state index is 5.94. The van der Waals surface area contributed by atoms with Crippen molar-refractivity contribution in [2.45, 2.75) is 31.8 Å². The van der Waals surface area contributed by atoms with Gasteiger partial charge in [0.1, 0.15) is 11.4 Å². The zero-order valence-electron chi connectivity index (χ0n) is 8.62. The second-order valence-corrected chi connectivity index (χ2v) is 4.23. The first-order valence-electron chi connectivity index (χ1n) is 5.20. The Bertz CT molecular complexity index is 297. The van der Waals surface area contributed by atoms with Gasteiger partial charge < -0.3 is 10.5 Å². The molecule has 1 aliphatic heterocycles. The summed E-state index contributed by atoms with van der Waals surface area (Å²) < 4.78 is 5.94. The first-order chi connectivity index (χ1) is 6.73. The summed E-state index contributed by atoms with van der Waals surface area (Å²) in [5, 5.41) is 0. The van der Waals surface area contributed by atoms with Gasteiger partial charge in [0.2, 0.25) is 0 Å². The summed E-state index contributed by atoms with van der Waals surface area (Å²) in [5.41, 5.74) is 6.82. The van der Waals surface area contributed by atoms with Crippen molar-refractivity contribution in [3.63, 3.8) is 0 Å². The number of para-hydroxylation sites is 1. The summed E-state index contributed by atoms with van der Waals surface area (Å²) in [4.78, 5) is 0. The van der Waals surface area contributed by atoms with Gasteiger partial charge in [-0.15, -0.1) is 0 Å². The molecule has 0 saturated carbocycles. The third-order valence-corrected chi connectivity index (χ3v) is 2.80. The molecule has 2 N–H and O–H groups in total. The fourth-order valence-electron chi connectivity index (χ4n) is 2.07. The van der Waals surface area contributed by atoms with Crippen LogP contribution in [0.25, 0.3) is 0 Å². The molecule has 1 aromatic carbocycles. The Morgan fingerprint density at radius 1 is 1.43 bits per heavy atom. The van der Waals surface area contributed by atoms with E-state index in [0.29, 0.717) is 0 Å². The van der Waals surface area contributed by atoms with E-state index in [1.165, 1.54) is 5.56 Å². The average molecular weight is 191 g/mol. The van der Waals surface area contributed by atoms with Crippen LogP contribution in [0.3, 0.4) is 0 Å². The van der Waals surface area contributed by atoms with Crippen LogP contribution >= 0.6 is 0 Å². The van der Waals surface area contributed by atoms with E-state index in [9.17, 15) is 0 Å². The van der Waals surface area contributed by atoms with Crippen LogP contribution < -0.4 is 10.5 Å². The topological polar surface area (TPSA) is 35.2 Å². The predicted octanol–water partition coefficient (Wildman–Crippen LogP) is 2.12. The molecular weight excluding hydrogens is 174 g/mol. The lowest BCUT2D eigenvalue weighted by Gasteiger charge is -2.23. The van der Waals surface area contributed by atoms with Crippen LogP contribution in [0.1, 0.15) is 25.3 Å². The summed E-state index contributed by atoms with van der Waals surface area (Å²) in [6.45, 7) is 2.91. The van der Waals surface area contributed by atoms with Gasteiger partial charge in [-0.3, -0.25) is 0 Å². The lowest BCUT2D eigenvalue weighted by molar-refractivity contribution is 0.104. The van der Waals surface area contributed by atoms with Crippen molar-refractivity contribution in [2.24, 2.45) is 5.73 Å². The van der Waals surface area contributed by atoms with Crippen LogP contribution in [0, 0.1) is 0 Å². The minimum atomic E-state index is -0.0247. The quantitative estimate of drug-likeness (QED) is 0.794. The van der Waals surface area contributed by atoms with Crippen molar-refractivity contribution in [1.29, 1.82) is 0 Å². The van der Waals surface area contributed by atoms with E-state index >= 15 is 0 Å². The molecule has 2 nitrogen and oxygen atoms in total. The molecule has 76 valence electrons. The molecule has 14 heavy (non-hydrogen) atoms. The third kappa shape index (κ3) is 1.75. The van der Waals surface area contributed by atoms with E-state index in [2.05, 4.69) is 19.1 Å². The fraction of sp³-hybridized carbons (Fsp3) is 0.500. The van der Waals surface area contributed by atoms with Crippen molar-refractivity contribution >= 4 is 0 Å². The molecule has 0 saturated heterocycles. The van der Waals surface area contributed by atoms with Gasteiger partial charge in [0.25, 0.3) is 0 Å². The molecule has 0 aromatic heterocycles. The van der Waals surface area contributed by atoms with E-state index in [1.54, 1.807) is 0 Å². The van der Waals surface area contributed by atoms with Crippen LogP contribution in [-0.2, 0) is 6.42 Å². The van der Waals surface area contributed by atoms with Gasteiger partial charge in [-0.25, -0.2) is 0 Å². The Balaban J connectivity index is 2.09. The van der Waals surface area contributed by atoms with Crippen LogP contribution in [0.2, 0.25) is 0 Å². The van der Waals surface area contributed by atoms with Gasteiger partial charge in [-0.2, -0.15) is 0 Å². The van der Waals surface area contributed by atoms with Crippen LogP contribution in [-0.4, -0.2) is 12.1 Å². The standard InChI is InChI=1S/C12H17NO/c1-12(7-4-8-13)9-10-5-2-3-6-11(10)14-12/h2-3,5-6H,4,7-9,13H2,1H3. The normalized spacial score (nSPS) is 24.4. The van der Waals surface area contributed by atoms with E-state index in [-0.39, 0.29) is 5.60 Å². The molecule has 0 spiro atoms. The zero-order chi connectivity index (χ0) is 10.0. The molecule has 1 aromatic rings. The molecular formula is C12H17NO. The minimum Gasteiger partial charge on any atom is -0.487 e. The highest BCUT2D eigenvalue weighted by Crippen LogP contribution is 2.36. The molecule has 0 bridgehead atoms. The summed E-state index contributed by atoms with van der Waals surface area (Å²) in [7, 11) is 0. The summed E-state index contributed by atoms with van der Waals surface area (Å²) >= 11 is 0. The predicted molar refractivity (Wildman–Crippen MR) is 57.5 cm³/mol. The number of benzene rings is 1. The number of nitrogens with two attached hydrogens (primary N) is 1. The molecule has 1 atom stereocenters. The Kier molecular flexibility index (Phi) is 2.46. The Morgan fingerprint density at radius 2 is 2.21 bits per heavy atom. The number of fused-ring (bicyclic) bond motifs is 1. The lowest BCUT2D eigenvalue weighted by atomic mass is 9.94. The maximum atomic E-state index is 5.94. The van der Waals surface area contributed by atoms with Gasteiger partial charge in [0.15, 0.2) is 0 Å².